The first-order valence-electron chi connectivity index (χ1n) is 4.92. The molecule has 8 heteroatoms. The van der Waals surface area contributed by atoms with Crippen LogP contribution in [0.2, 0.25) is 0 Å². The molecule has 0 saturated heterocycles. The van der Waals surface area contributed by atoms with Crippen LogP contribution in [0.4, 0.5) is 0 Å². The molecule has 0 spiro atoms. The molecule has 18 heavy (non-hydrogen) atoms. The highest BCUT2D eigenvalue weighted by Crippen LogP contribution is 2.30. The molecule has 0 radical (unpaired) electrons. The van der Waals surface area contributed by atoms with Crippen molar-refractivity contribution >= 4 is 35.7 Å². The molecule has 96 valence electrons. The van der Waals surface area contributed by atoms with Gasteiger partial charge in [0, 0.05) is 27.8 Å². The van der Waals surface area contributed by atoms with Crippen LogP contribution in [0.25, 0.3) is 11.4 Å². The SMILES string of the molecule is Cc1cccc(-c2nnc(S(=O)(=O)Cl)n2C)c1Br. The minimum absolute atomic E-state index is 0.271. The number of benzene rings is 1. The fraction of sp³-hybridized carbons (Fsp3) is 0.200. The van der Waals surface area contributed by atoms with Crippen LogP contribution in [0.5, 0.6) is 0 Å². The molecule has 0 aliphatic rings. The monoisotopic (exact) mass is 349 g/mol. The highest BCUT2D eigenvalue weighted by atomic mass is 79.9. The highest BCUT2D eigenvalue weighted by molar-refractivity contribution is 9.10. The normalized spacial score (nSPS) is 11.8. The predicted octanol–water partition coefficient (Wildman–Crippen LogP) is 2.48. The summed E-state index contributed by atoms with van der Waals surface area (Å²) in [6, 6.07) is 5.62. The summed E-state index contributed by atoms with van der Waals surface area (Å²) in [6.07, 6.45) is 0. The van der Waals surface area contributed by atoms with Crippen LogP contribution >= 0.6 is 26.6 Å². The third-order valence-electron chi connectivity index (χ3n) is 2.49. The number of nitrogens with zero attached hydrogens (tertiary/aromatic N) is 3. The first kappa shape index (κ1) is 13.5. The lowest BCUT2D eigenvalue weighted by molar-refractivity contribution is 0.593. The van der Waals surface area contributed by atoms with Crippen molar-refractivity contribution in [3.63, 3.8) is 0 Å². The Labute approximate surface area is 117 Å². The highest BCUT2D eigenvalue weighted by Gasteiger charge is 2.22. The Kier molecular flexibility index (Phi) is 3.48. The number of aryl methyl sites for hydroxylation is 1. The molecule has 0 N–H and O–H groups in total. The predicted molar refractivity (Wildman–Crippen MR) is 71.9 cm³/mol. The summed E-state index contributed by atoms with van der Waals surface area (Å²) in [6.45, 7) is 1.93. The first-order valence-corrected chi connectivity index (χ1v) is 8.02. The third kappa shape index (κ3) is 2.30. The zero-order valence-corrected chi connectivity index (χ0v) is 12.7. The van der Waals surface area contributed by atoms with Crippen LogP contribution < -0.4 is 0 Å². The quantitative estimate of drug-likeness (QED) is 0.781. The molecule has 5 nitrogen and oxygen atoms in total. The van der Waals surface area contributed by atoms with E-state index in [0.29, 0.717) is 5.82 Å². The Morgan fingerprint density at radius 2 is 2.00 bits per heavy atom. The average molecular weight is 351 g/mol. The molecule has 0 aliphatic heterocycles. The minimum atomic E-state index is -3.90. The fourth-order valence-corrected chi connectivity index (χ4v) is 2.98. The van der Waals surface area contributed by atoms with Gasteiger partial charge in [-0.05, 0) is 28.4 Å². The molecule has 0 amide bonds. The second kappa shape index (κ2) is 4.64. The van der Waals surface area contributed by atoms with E-state index in [1.54, 1.807) is 7.05 Å². The molecule has 2 aromatic rings. The van der Waals surface area contributed by atoms with Gasteiger partial charge in [0.2, 0.25) is 0 Å². The van der Waals surface area contributed by atoms with E-state index < -0.39 is 9.05 Å². The van der Waals surface area contributed by atoms with Crippen LogP contribution in [-0.2, 0) is 16.1 Å². The summed E-state index contributed by atoms with van der Waals surface area (Å²) < 4.78 is 24.8. The molecule has 0 bridgehead atoms. The van der Waals surface area contributed by atoms with Crippen molar-refractivity contribution in [2.24, 2.45) is 7.05 Å². The summed E-state index contributed by atoms with van der Waals surface area (Å²) >= 11 is 3.45. The van der Waals surface area contributed by atoms with E-state index in [2.05, 4.69) is 26.1 Å². The molecule has 1 heterocycles. The molecular formula is C10H9BrClN3O2S. The van der Waals surface area contributed by atoms with Crippen molar-refractivity contribution in [1.29, 1.82) is 0 Å². The van der Waals surface area contributed by atoms with E-state index >= 15 is 0 Å². The molecule has 1 aromatic carbocycles. The second-order valence-electron chi connectivity index (χ2n) is 3.74. The van der Waals surface area contributed by atoms with Crippen LogP contribution in [0.15, 0.2) is 27.8 Å². The van der Waals surface area contributed by atoms with Crippen LogP contribution in [0, 0.1) is 6.92 Å². The zero-order valence-electron chi connectivity index (χ0n) is 9.55. The smallest absolute Gasteiger partial charge is 0.296 e. The minimum Gasteiger partial charge on any atom is -0.300 e. The van der Waals surface area contributed by atoms with Gasteiger partial charge in [-0.1, -0.05) is 18.2 Å². The molecule has 0 unspecified atom stereocenters. The molecule has 0 atom stereocenters. The number of halogens is 2. The van der Waals surface area contributed by atoms with Gasteiger partial charge in [-0.25, -0.2) is 8.42 Å². The number of hydrogen-bond donors (Lipinski definition) is 0. The van der Waals surface area contributed by atoms with Gasteiger partial charge in [-0.2, -0.15) is 0 Å². The molecule has 0 aliphatic carbocycles. The number of rotatable bonds is 2. The Hall–Kier alpha value is -0.920. The Bertz CT molecular complexity index is 712. The molecule has 1 aromatic heterocycles. The molecule has 2 rings (SSSR count). The lowest BCUT2D eigenvalue weighted by atomic mass is 10.1. The number of aromatic nitrogens is 3. The third-order valence-corrected chi connectivity index (χ3v) is 4.74. The zero-order chi connectivity index (χ0) is 13.5. The summed E-state index contributed by atoms with van der Waals surface area (Å²) in [5.41, 5.74) is 1.78. The average Bonchev–Trinajstić information content (AvgIpc) is 2.64. The van der Waals surface area contributed by atoms with E-state index in [0.717, 1.165) is 15.6 Å². The van der Waals surface area contributed by atoms with Gasteiger partial charge in [-0.15, -0.1) is 10.2 Å². The van der Waals surface area contributed by atoms with Gasteiger partial charge in [0.25, 0.3) is 14.2 Å². The Morgan fingerprint density at radius 1 is 1.33 bits per heavy atom. The largest absolute Gasteiger partial charge is 0.300 e. The van der Waals surface area contributed by atoms with Gasteiger partial charge < -0.3 is 0 Å². The summed E-state index contributed by atoms with van der Waals surface area (Å²) in [7, 11) is 2.93. The second-order valence-corrected chi connectivity index (χ2v) is 6.99. The number of hydrogen-bond acceptors (Lipinski definition) is 4. The first-order chi connectivity index (χ1) is 8.32. The van der Waals surface area contributed by atoms with E-state index in [4.69, 9.17) is 10.7 Å². The fourth-order valence-electron chi connectivity index (χ4n) is 1.58. The van der Waals surface area contributed by atoms with E-state index in [9.17, 15) is 8.42 Å². The lowest BCUT2D eigenvalue weighted by Crippen LogP contribution is -2.03. The van der Waals surface area contributed by atoms with Gasteiger partial charge in [0.15, 0.2) is 5.82 Å². The van der Waals surface area contributed by atoms with Gasteiger partial charge in [-0.3, -0.25) is 4.57 Å². The molecular weight excluding hydrogens is 342 g/mol. The summed E-state index contributed by atoms with van der Waals surface area (Å²) in [4.78, 5) is 0. The standard InChI is InChI=1S/C10H9BrClN3O2S/c1-6-4-3-5-7(8(6)11)9-13-14-10(15(9)2)18(12,16)17/h3-5H,1-2H3. The Morgan fingerprint density at radius 3 is 2.56 bits per heavy atom. The van der Waals surface area contributed by atoms with Crippen LogP contribution in [0.1, 0.15) is 5.56 Å². The van der Waals surface area contributed by atoms with Crippen molar-refractivity contribution in [1.82, 2.24) is 14.8 Å². The summed E-state index contributed by atoms with van der Waals surface area (Å²) in [5, 5.41) is 7.21. The van der Waals surface area contributed by atoms with Crippen molar-refractivity contribution in [3.05, 3.63) is 28.2 Å². The topological polar surface area (TPSA) is 64.8 Å². The van der Waals surface area contributed by atoms with Gasteiger partial charge in [0.1, 0.15) is 0 Å². The maximum Gasteiger partial charge on any atom is 0.296 e. The maximum absolute atomic E-state index is 11.3. The Balaban J connectivity index is 2.67. The van der Waals surface area contributed by atoms with Gasteiger partial charge in [0.05, 0.1) is 0 Å². The summed E-state index contributed by atoms with van der Waals surface area (Å²) in [5.74, 6) is 0.435. The molecule has 0 fully saturated rings. The van der Waals surface area contributed by atoms with Gasteiger partial charge >= 0.3 is 0 Å². The van der Waals surface area contributed by atoms with Crippen LogP contribution in [-0.4, -0.2) is 23.2 Å². The van der Waals surface area contributed by atoms with E-state index in [1.807, 2.05) is 25.1 Å². The molecule has 0 saturated carbocycles. The van der Waals surface area contributed by atoms with Crippen molar-refractivity contribution in [2.75, 3.05) is 0 Å². The van der Waals surface area contributed by atoms with E-state index in [1.165, 1.54) is 4.57 Å². The van der Waals surface area contributed by atoms with Crippen molar-refractivity contribution in [3.8, 4) is 11.4 Å². The van der Waals surface area contributed by atoms with E-state index in [-0.39, 0.29) is 5.16 Å². The maximum atomic E-state index is 11.3. The lowest BCUT2D eigenvalue weighted by Gasteiger charge is -2.06. The van der Waals surface area contributed by atoms with Crippen molar-refractivity contribution < 1.29 is 8.42 Å². The van der Waals surface area contributed by atoms with Crippen LogP contribution in [0.3, 0.4) is 0 Å². The van der Waals surface area contributed by atoms with Crippen molar-refractivity contribution in [2.45, 2.75) is 12.1 Å².